The van der Waals surface area contributed by atoms with Crippen molar-refractivity contribution in [1.29, 1.82) is 0 Å². The molecule has 0 saturated carbocycles. The predicted octanol–water partition coefficient (Wildman–Crippen LogP) is 4.38. The van der Waals surface area contributed by atoms with Gasteiger partial charge in [-0.15, -0.1) is 0 Å². The molecule has 1 N–H and O–H groups in total. The van der Waals surface area contributed by atoms with Gasteiger partial charge in [-0.25, -0.2) is 5.01 Å². The van der Waals surface area contributed by atoms with Gasteiger partial charge < -0.3 is 0 Å². The van der Waals surface area contributed by atoms with Crippen LogP contribution in [0.1, 0.15) is 37.4 Å². The molecule has 0 aliphatic carbocycles. The van der Waals surface area contributed by atoms with E-state index in [9.17, 15) is 18.0 Å². The van der Waals surface area contributed by atoms with Crippen molar-refractivity contribution in [3.05, 3.63) is 47.5 Å². The minimum atomic E-state index is -4.49. The molecule has 1 unspecified atom stereocenters. The molecule has 134 valence electrons. The van der Waals surface area contributed by atoms with Crippen LogP contribution in [0.3, 0.4) is 0 Å². The van der Waals surface area contributed by atoms with Crippen molar-refractivity contribution in [1.82, 2.24) is 10.4 Å². The van der Waals surface area contributed by atoms with Crippen LogP contribution in [0.5, 0.6) is 0 Å². The normalized spacial score (nSPS) is 17.3. The number of fused-ring (bicyclic) bond motifs is 1. The first kappa shape index (κ1) is 17.7. The average molecular weight is 350 g/mol. The molecule has 0 aromatic heterocycles. The minimum absolute atomic E-state index is 0.0490. The second-order valence-electron chi connectivity index (χ2n) is 6.88. The molecule has 1 saturated heterocycles. The SMILES string of the molecule is CC(C)Cc1ccc2ccccc2c1C(N1CCC(=O)N1)C(F)(F)F. The second kappa shape index (κ2) is 6.67. The number of nitrogens with zero attached hydrogens (tertiary/aromatic N) is 1. The fourth-order valence-electron chi connectivity index (χ4n) is 3.47. The summed E-state index contributed by atoms with van der Waals surface area (Å²) in [5.41, 5.74) is 3.31. The monoisotopic (exact) mass is 350 g/mol. The van der Waals surface area contributed by atoms with E-state index in [1.807, 2.05) is 32.0 Å². The Kier molecular flexibility index (Phi) is 4.73. The summed E-state index contributed by atoms with van der Waals surface area (Å²) in [6.07, 6.45) is -3.86. The summed E-state index contributed by atoms with van der Waals surface area (Å²) in [5.74, 6) is -0.151. The first-order valence-electron chi connectivity index (χ1n) is 8.40. The van der Waals surface area contributed by atoms with Gasteiger partial charge >= 0.3 is 6.18 Å². The highest BCUT2D eigenvalue weighted by atomic mass is 19.4. The molecule has 1 fully saturated rings. The predicted molar refractivity (Wildman–Crippen MR) is 90.8 cm³/mol. The van der Waals surface area contributed by atoms with E-state index in [1.165, 1.54) is 0 Å². The molecule has 3 nitrogen and oxygen atoms in total. The van der Waals surface area contributed by atoms with Crippen LogP contribution in [-0.4, -0.2) is 23.6 Å². The topological polar surface area (TPSA) is 32.3 Å². The summed E-state index contributed by atoms with van der Waals surface area (Å²) < 4.78 is 42.1. The third-order valence-corrected chi connectivity index (χ3v) is 4.43. The minimum Gasteiger partial charge on any atom is -0.288 e. The molecule has 1 amide bonds. The molecule has 0 spiro atoms. The van der Waals surface area contributed by atoms with Crippen molar-refractivity contribution in [2.75, 3.05) is 6.54 Å². The summed E-state index contributed by atoms with van der Waals surface area (Å²) in [4.78, 5) is 11.5. The molecule has 2 aromatic rings. The van der Waals surface area contributed by atoms with Gasteiger partial charge in [-0.2, -0.15) is 13.2 Å². The van der Waals surface area contributed by atoms with Gasteiger partial charge in [-0.3, -0.25) is 10.2 Å². The first-order chi connectivity index (χ1) is 11.8. The standard InChI is InChI=1S/C19H21F3N2O/c1-12(2)11-14-8-7-13-5-3-4-6-15(13)17(14)18(19(20,21)22)24-10-9-16(25)23-24/h3-8,12,18H,9-11H2,1-2H3,(H,23,25). The maximum Gasteiger partial charge on any atom is 0.409 e. The van der Waals surface area contributed by atoms with Crippen molar-refractivity contribution in [3.63, 3.8) is 0 Å². The Morgan fingerprint density at radius 2 is 1.88 bits per heavy atom. The lowest BCUT2D eigenvalue weighted by Crippen LogP contribution is -2.44. The van der Waals surface area contributed by atoms with Gasteiger partial charge in [0.15, 0.2) is 6.04 Å². The van der Waals surface area contributed by atoms with Gasteiger partial charge in [0.05, 0.1) is 0 Å². The van der Waals surface area contributed by atoms with Crippen molar-refractivity contribution in [2.24, 2.45) is 5.92 Å². The summed E-state index contributed by atoms with van der Waals surface area (Å²) in [6.45, 7) is 4.02. The summed E-state index contributed by atoms with van der Waals surface area (Å²) >= 11 is 0. The Bertz CT molecular complexity index is 786. The van der Waals surface area contributed by atoms with Crippen LogP contribution in [0.25, 0.3) is 10.8 Å². The van der Waals surface area contributed by atoms with Gasteiger partial charge in [0, 0.05) is 13.0 Å². The number of alkyl halides is 3. The third kappa shape index (κ3) is 3.63. The summed E-state index contributed by atoms with van der Waals surface area (Å²) in [6, 6.07) is 8.91. The second-order valence-corrected chi connectivity index (χ2v) is 6.88. The number of rotatable bonds is 4. The Balaban J connectivity index is 2.22. The zero-order valence-electron chi connectivity index (χ0n) is 14.2. The zero-order chi connectivity index (χ0) is 18.2. The molecule has 0 radical (unpaired) electrons. The van der Waals surface area contributed by atoms with Gasteiger partial charge in [0.1, 0.15) is 0 Å². The molecular formula is C19H21F3N2O. The largest absolute Gasteiger partial charge is 0.409 e. The van der Waals surface area contributed by atoms with E-state index in [2.05, 4.69) is 5.43 Å². The lowest BCUT2D eigenvalue weighted by atomic mass is 9.88. The van der Waals surface area contributed by atoms with E-state index in [0.29, 0.717) is 17.4 Å². The highest BCUT2D eigenvalue weighted by Gasteiger charge is 2.48. The smallest absolute Gasteiger partial charge is 0.288 e. The molecule has 1 aliphatic rings. The van der Waals surface area contributed by atoms with Crippen LogP contribution in [0.2, 0.25) is 0 Å². The van der Waals surface area contributed by atoms with Crippen molar-refractivity contribution >= 4 is 16.7 Å². The van der Waals surface area contributed by atoms with E-state index >= 15 is 0 Å². The van der Waals surface area contributed by atoms with Crippen molar-refractivity contribution in [3.8, 4) is 0 Å². The van der Waals surface area contributed by atoms with Crippen LogP contribution < -0.4 is 5.43 Å². The Labute approximate surface area is 144 Å². The van der Waals surface area contributed by atoms with Crippen LogP contribution >= 0.6 is 0 Å². The highest BCUT2D eigenvalue weighted by molar-refractivity contribution is 5.87. The Morgan fingerprint density at radius 3 is 2.48 bits per heavy atom. The molecule has 1 aliphatic heterocycles. The van der Waals surface area contributed by atoms with Gasteiger partial charge in [0.25, 0.3) is 0 Å². The Hall–Kier alpha value is -2.08. The lowest BCUT2D eigenvalue weighted by Gasteiger charge is -2.32. The fraction of sp³-hybridized carbons (Fsp3) is 0.421. The molecule has 0 bridgehead atoms. The number of carbonyl (C=O) groups excluding carboxylic acids is 1. The molecule has 3 rings (SSSR count). The van der Waals surface area contributed by atoms with E-state index in [0.717, 1.165) is 10.4 Å². The van der Waals surface area contributed by atoms with E-state index in [1.54, 1.807) is 18.2 Å². The number of halogens is 3. The van der Waals surface area contributed by atoms with Gasteiger partial charge in [0.2, 0.25) is 5.91 Å². The molecule has 25 heavy (non-hydrogen) atoms. The van der Waals surface area contributed by atoms with Gasteiger partial charge in [-0.1, -0.05) is 50.2 Å². The van der Waals surface area contributed by atoms with E-state index < -0.39 is 12.2 Å². The maximum absolute atomic E-state index is 14.0. The third-order valence-electron chi connectivity index (χ3n) is 4.43. The molecule has 1 heterocycles. The number of hydrogen-bond acceptors (Lipinski definition) is 2. The van der Waals surface area contributed by atoms with Crippen LogP contribution in [-0.2, 0) is 11.2 Å². The van der Waals surface area contributed by atoms with Gasteiger partial charge in [-0.05, 0) is 34.2 Å². The number of benzene rings is 2. The number of hydrogen-bond donors (Lipinski definition) is 1. The highest BCUT2D eigenvalue weighted by Crippen LogP contribution is 2.42. The van der Waals surface area contributed by atoms with E-state index in [4.69, 9.17) is 0 Å². The zero-order valence-corrected chi connectivity index (χ0v) is 14.2. The molecular weight excluding hydrogens is 329 g/mol. The van der Waals surface area contributed by atoms with Crippen LogP contribution in [0, 0.1) is 5.92 Å². The van der Waals surface area contributed by atoms with Crippen molar-refractivity contribution < 1.29 is 18.0 Å². The Morgan fingerprint density at radius 1 is 1.16 bits per heavy atom. The fourth-order valence-corrected chi connectivity index (χ4v) is 3.47. The molecule has 1 atom stereocenters. The number of carbonyl (C=O) groups is 1. The van der Waals surface area contributed by atoms with Crippen LogP contribution in [0.4, 0.5) is 13.2 Å². The summed E-state index contributed by atoms with van der Waals surface area (Å²) in [7, 11) is 0. The number of amides is 1. The average Bonchev–Trinajstić information content (AvgIpc) is 2.93. The molecule has 2 aromatic carbocycles. The van der Waals surface area contributed by atoms with Crippen molar-refractivity contribution in [2.45, 2.75) is 38.9 Å². The van der Waals surface area contributed by atoms with E-state index in [-0.39, 0.29) is 30.4 Å². The lowest BCUT2D eigenvalue weighted by molar-refractivity contribution is -0.190. The van der Waals surface area contributed by atoms with Crippen LogP contribution in [0.15, 0.2) is 36.4 Å². The maximum atomic E-state index is 14.0. The first-order valence-corrected chi connectivity index (χ1v) is 8.40. The quantitative estimate of drug-likeness (QED) is 0.888. The number of hydrazine groups is 1. The summed E-state index contributed by atoms with van der Waals surface area (Å²) in [5, 5.41) is 2.39. The number of nitrogens with one attached hydrogen (secondary N) is 1. The molecule has 6 heteroatoms.